The van der Waals surface area contributed by atoms with Gasteiger partial charge in [0.2, 0.25) is 0 Å². The first-order valence-corrected chi connectivity index (χ1v) is 8.93. The molecule has 1 fully saturated rings. The van der Waals surface area contributed by atoms with Crippen LogP contribution in [0.3, 0.4) is 0 Å². The van der Waals surface area contributed by atoms with Gasteiger partial charge in [-0.15, -0.1) is 0 Å². The highest BCUT2D eigenvalue weighted by atomic mass is 32.2. The normalized spacial score (nSPS) is 22.0. The maximum atomic E-state index is 12.9. The first kappa shape index (κ1) is 15.0. The first-order chi connectivity index (χ1) is 10.5. The van der Waals surface area contributed by atoms with E-state index in [0.29, 0.717) is 12.8 Å². The van der Waals surface area contributed by atoms with Crippen molar-refractivity contribution in [2.45, 2.75) is 35.8 Å². The van der Waals surface area contributed by atoms with E-state index < -0.39 is 15.1 Å². The third-order valence-corrected chi connectivity index (χ3v) is 6.49. The van der Waals surface area contributed by atoms with Crippen molar-refractivity contribution in [2.75, 3.05) is 0 Å². The molecule has 0 amide bonds. The van der Waals surface area contributed by atoms with E-state index in [9.17, 15) is 13.2 Å². The predicted molar refractivity (Wildman–Crippen MR) is 85.6 cm³/mol. The fourth-order valence-electron chi connectivity index (χ4n) is 3.12. The molecule has 3 nitrogen and oxygen atoms in total. The van der Waals surface area contributed by atoms with Crippen molar-refractivity contribution in [1.82, 2.24) is 0 Å². The molecule has 0 bridgehead atoms. The summed E-state index contributed by atoms with van der Waals surface area (Å²) in [6.45, 7) is 1.91. The van der Waals surface area contributed by atoms with Crippen LogP contribution in [-0.4, -0.2) is 19.5 Å². The highest BCUT2D eigenvalue weighted by molar-refractivity contribution is 7.92. The first-order valence-electron chi connectivity index (χ1n) is 7.38. The van der Waals surface area contributed by atoms with Gasteiger partial charge >= 0.3 is 0 Å². The maximum absolute atomic E-state index is 12.9. The molecule has 2 atom stereocenters. The van der Waals surface area contributed by atoms with E-state index in [1.165, 1.54) is 0 Å². The Hall–Kier alpha value is -1.94. The number of hydrogen-bond acceptors (Lipinski definition) is 3. The van der Waals surface area contributed by atoms with Crippen LogP contribution in [0.15, 0.2) is 59.5 Å². The van der Waals surface area contributed by atoms with Crippen molar-refractivity contribution in [3.63, 3.8) is 0 Å². The lowest BCUT2D eigenvalue weighted by molar-refractivity contribution is -0.117. The number of benzene rings is 2. The monoisotopic (exact) mass is 314 g/mol. The van der Waals surface area contributed by atoms with Gasteiger partial charge in [0.1, 0.15) is 5.25 Å². The number of sulfone groups is 1. The Morgan fingerprint density at radius 1 is 0.955 bits per heavy atom. The second-order valence-corrected chi connectivity index (χ2v) is 7.87. The average molecular weight is 314 g/mol. The molecular weight excluding hydrogens is 296 g/mol. The molecule has 0 spiro atoms. The maximum Gasteiger partial charge on any atom is 0.188 e. The molecule has 0 saturated heterocycles. The highest BCUT2D eigenvalue weighted by Crippen LogP contribution is 2.39. The zero-order valence-electron chi connectivity index (χ0n) is 12.4. The van der Waals surface area contributed by atoms with Gasteiger partial charge in [-0.3, -0.25) is 4.79 Å². The third-order valence-electron chi connectivity index (χ3n) is 4.30. The summed E-state index contributed by atoms with van der Waals surface area (Å²) in [5.74, 6) is -0.422. The van der Waals surface area contributed by atoms with Gasteiger partial charge in [-0.1, -0.05) is 48.0 Å². The molecule has 1 aliphatic carbocycles. The molecule has 1 saturated carbocycles. The van der Waals surface area contributed by atoms with Gasteiger partial charge in [-0.05, 0) is 31.0 Å². The Bertz CT molecular complexity index is 777. The van der Waals surface area contributed by atoms with Crippen molar-refractivity contribution < 1.29 is 13.2 Å². The SMILES string of the molecule is Cc1ccc(S(=O)(=O)[C@@H]2C(=O)CC[C@H]2c2ccccc2)cc1. The summed E-state index contributed by atoms with van der Waals surface area (Å²) < 4.78 is 25.8. The van der Waals surface area contributed by atoms with Crippen LogP contribution < -0.4 is 0 Å². The van der Waals surface area contributed by atoms with Gasteiger partial charge in [-0.2, -0.15) is 0 Å². The van der Waals surface area contributed by atoms with E-state index in [1.807, 2.05) is 37.3 Å². The Morgan fingerprint density at radius 3 is 2.23 bits per heavy atom. The van der Waals surface area contributed by atoms with Crippen molar-refractivity contribution in [1.29, 1.82) is 0 Å². The molecule has 0 radical (unpaired) electrons. The van der Waals surface area contributed by atoms with Crippen molar-refractivity contribution >= 4 is 15.6 Å². The van der Waals surface area contributed by atoms with Crippen LogP contribution in [-0.2, 0) is 14.6 Å². The van der Waals surface area contributed by atoms with E-state index >= 15 is 0 Å². The summed E-state index contributed by atoms with van der Waals surface area (Å²) in [6.07, 6.45) is 0.925. The molecule has 0 N–H and O–H groups in total. The Kier molecular flexibility index (Phi) is 3.87. The van der Waals surface area contributed by atoms with Gasteiger partial charge in [0.05, 0.1) is 4.90 Å². The summed E-state index contributed by atoms with van der Waals surface area (Å²) in [5, 5.41) is -0.961. The van der Waals surface area contributed by atoms with Gasteiger partial charge in [0.15, 0.2) is 15.6 Å². The van der Waals surface area contributed by atoms with Crippen LogP contribution in [0.4, 0.5) is 0 Å². The molecule has 2 aromatic rings. The van der Waals surface area contributed by atoms with Crippen LogP contribution in [0, 0.1) is 6.92 Å². The molecular formula is C18H18O3S. The second kappa shape index (κ2) is 5.69. The number of ketones is 1. The molecule has 0 aliphatic heterocycles. The average Bonchev–Trinajstić information content (AvgIpc) is 2.91. The molecule has 0 heterocycles. The largest absolute Gasteiger partial charge is 0.298 e. The number of hydrogen-bond donors (Lipinski definition) is 0. The van der Waals surface area contributed by atoms with Crippen molar-refractivity contribution in [2.24, 2.45) is 0 Å². The van der Waals surface area contributed by atoms with Crippen LogP contribution in [0.1, 0.15) is 29.9 Å². The lowest BCUT2D eigenvalue weighted by Gasteiger charge is -2.19. The van der Waals surface area contributed by atoms with Crippen LogP contribution in [0.25, 0.3) is 0 Å². The fourth-order valence-corrected chi connectivity index (χ4v) is 5.12. The van der Waals surface area contributed by atoms with Crippen LogP contribution in [0.5, 0.6) is 0 Å². The standard InChI is InChI=1S/C18H18O3S/c1-13-7-9-15(10-8-13)22(20,21)18-16(11-12-17(18)19)14-5-3-2-4-6-14/h2-10,16,18H,11-12H2,1H3/t16-,18-/m0/s1. The lowest BCUT2D eigenvalue weighted by atomic mass is 9.97. The molecule has 1 aliphatic rings. The third kappa shape index (κ3) is 2.59. The predicted octanol–water partition coefficient (Wildman–Crippen LogP) is 3.28. The van der Waals surface area contributed by atoms with Gasteiger partial charge in [-0.25, -0.2) is 8.42 Å². The molecule has 4 heteroatoms. The molecule has 3 rings (SSSR count). The minimum atomic E-state index is -3.65. The molecule has 114 valence electrons. The van der Waals surface area contributed by atoms with E-state index in [-0.39, 0.29) is 16.6 Å². The smallest absolute Gasteiger partial charge is 0.188 e. The number of Topliss-reactive ketones (excluding diaryl/α,β-unsaturated/α-hetero) is 1. The number of carbonyl (C=O) groups excluding carboxylic acids is 1. The van der Waals surface area contributed by atoms with Crippen LogP contribution >= 0.6 is 0 Å². The van der Waals surface area contributed by atoms with Gasteiger partial charge in [0.25, 0.3) is 0 Å². The topological polar surface area (TPSA) is 51.2 Å². The summed E-state index contributed by atoms with van der Waals surface area (Å²) in [4.78, 5) is 12.5. The summed E-state index contributed by atoms with van der Waals surface area (Å²) in [5.41, 5.74) is 1.92. The van der Waals surface area contributed by atoms with Gasteiger partial charge in [0, 0.05) is 12.3 Å². The van der Waals surface area contributed by atoms with Gasteiger partial charge < -0.3 is 0 Å². The minimum absolute atomic E-state index is 0.172. The van der Waals surface area contributed by atoms with Crippen LogP contribution in [0.2, 0.25) is 0 Å². The number of rotatable bonds is 3. The zero-order chi connectivity index (χ0) is 15.7. The zero-order valence-corrected chi connectivity index (χ0v) is 13.2. The minimum Gasteiger partial charge on any atom is -0.298 e. The van der Waals surface area contributed by atoms with E-state index in [2.05, 4.69) is 0 Å². The van der Waals surface area contributed by atoms with Crippen molar-refractivity contribution in [3.05, 3.63) is 65.7 Å². The fraction of sp³-hybridized carbons (Fsp3) is 0.278. The Labute approximate surface area is 130 Å². The number of carbonyl (C=O) groups is 1. The highest BCUT2D eigenvalue weighted by Gasteiger charge is 2.45. The lowest BCUT2D eigenvalue weighted by Crippen LogP contribution is -2.30. The molecule has 0 unspecified atom stereocenters. The summed E-state index contributed by atoms with van der Waals surface area (Å²) in [6, 6.07) is 16.2. The molecule has 2 aromatic carbocycles. The Morgan fingerprint density at radius 2 is 1.59 bits per heavy atom. The summed E-state index contributed by atoms with van der Waals surface area (Å²) >= 11 is 0. The van der Waals surface area contributed by atoms with E-state index in [0.717, 1.165) is 11.1 Å². The summed E-state index contributed by atoms with van der Waals surface area (Å²) in [7, 11) is -3.65. The van der Waals surface area contributed by atoms with Crippen molar-refractivity contribution in [3.8, 4) is 0 Å². The van der Waals surface area contributed by atoms with E-state index in [4.69, 9.17) is 0 Å². The quantitative estimate of drug-likeness (QED) is 0.873. The second-order valence-electron chi connectivity index (χ2n) is 5.80. The van der Waals surface area contributed by atoms with E-state index in [1.54, 1.807) is 24.3 Å². The Balaban J connectivity index is 2.03. The molecule has 0 aromatic heterocycles. The molecule has 22 heavy (non-hydrogen) atoms. The number of aryl methyl sites for hydroxylation is 1.